The van der Waals surface area contributed by atoms with Crippen LogP contribution in [0.1, 0.15) is 12.0 Å². The van der Waals surface area contributed by atoms with Gasteiger partial charge in [-0.15, -0.1) is 0 Å². The van der Waals surface area contributed by atoms with E-state index in [1.165, 1.54) is 4.90 Å². The van der Waals surface area contributed by atoms with E-state index in [-0.39, 0.29) is 12.3 Å². The van der Waals surface area contributed by atoms with Crippen molar-refractivity contribution in [1.82, 2.24) is 4.90 Å². The van der Waals surface area contributed by atoms with Gasteiger partial charge in [-0.05, 0) is 60.5 Å². The van der Waals surface area contributed by atoms with Gasteiger partial charge < -0.3 is 15.0 Å². The number of carbonyl (C=O) groups excluding carboxylic acids is 3. The highest BCUT2D eigenvalue weighted by Gasteiger charge is 2.46. The normalized spacial score (nSPS) is 15.5. The molecular weight excluding hydrogens is 454 g/mol. The molecule has 0 aromatic heterocycles. The maximum Gasteiger partial charge on any atom is 0.332 e. The van der Waals surface area contributed by atoms with Crippen molar-refractivity contribution in [2.24, 2.45) is 0 Å². The van der Waals surface area contributed by atoms with Gasteiger partial charge in [-0.3, -0.25) is 9.59 Å². The Morgan fingerprint density at radius 3 is 2.29 bits per heavy atom. The number of nitrogens with zero attached hydrogens (tertiary/aromatic N) is 2. The Balaban J connectivity index is 1.53. The van der Waals surface area contributed by atoms with Gasteiger partial charge in [0.25, 0.3) is 5.91 Å². The molecule has 0 radical (unpaired) electrons. The lowest BCUT2D eigenvalue weighted by molar-refractivity contribution is -0.124. The molecule has 4 rings (SSSR count). The lowest BCUT2D eigenvalue weighted by Gasteiger charge is -2.21. The smallest absolute Gasteiger partial charge is 0.332 e. The molecule has 1 saturated heterocycles. The van der Waals surface area contributed by atoms with E-state index in [9.17, 15) is 14.4 Å². The van der Waals surface area contributed by atoms with Gasteiger partial charge >= 0.3 is 6.03 Å². The number of urea groups is 1. The Bertz CT molecular complexity index is 1170. The average molecular weight is 478 g/mol. The molecule has 1 aliphatic heterocycles. The third-order valence-corrected chi connectivity index (χ3v) is 5.89. The summed E-state index contributed by atoms with van der Waals surface area (Å²) in [6.07, 6.45) is 0.403. The fourth-order valence-corrected chi connectivity index (χ4v) is 4.00. The van der Waals surface area contributed by atoms with Gasteiger partial charge in [-0.1, -0.05) is 41.9 Å². The molecule has 1 heterocycles. The molecule has 1 N–H and O–H groups in total. The Kier molecular flexibility index (Phi) is 7.13. The molecule has 8 heteroatoms. The van der Waals surface area contributed by atoms with Crippen LogP contribution in [0, 0.1) is 0 Å². The first-order valence-corrected chi connectivity index (χ1v) is 11.2. The monoisotopic (exact) mass is 477 g/mol. The lowest BCUT2D eigenvalue weighted by Crippen LogP contribution is -2.39. The number of ether oxygens (including phenoxy) is 1. The molecule has 0 bridgehead atoms. The number of halogens is 1. The quantitative estimate of drug-likeness (QED) is 0.474. The van der Waals surface area contributed by atoms with Crippen molar-refractivity contribution < 1.29 is 19.1 Å². The third-order valence-electron chi connectivity index (χ3n) is 5.64. The van der Waals surface area contributed by atoms with Crippen molar-refractivity contribution in [2.45, 2.75) is 18.9 Å². The number of anilines is 2. The van der Waals surface area contributed by atoms with Crippen LogP contribution < -0.4 is 15.0 Å². The van der Waals surface area contributed by atoms with Crippen LogP contribution in [0.2, 0.25) is 5.02 Å². The summed E-state index contributed by atoms with van der Waals surface area (Å²) in [6, 6.07) is 21.7. The number of amides is 4. The van der Waals surface area contributed by atoms with Gasteiger partial charge in [-0.2, -0.15) is 0 Å². The zero-order valence-corrected chi connectivity index (χ0v) is 19.4. The summed E-state index contributed by atoms with van der Waals surface area (Å²) in [7, 11) is 1.56. The molecule has 1 aliphatic rings. The molecule has 1 atom stereocenters. The van der Waals surface area contributed by atoms with Crippen LogP contribution in [0.3, 0.4) is 0 Å². The summed E-state index contributed by atoms with van der Waals surface area (Å²) in [5, 5.41) is 3.29. The predicted molar refractivity (Wildman–Crippen MR) is 131 cm³/mol. The lowest BCUT2D eigenvalue weighted by atomic mass is 10.1. The Morgan fingerprint density at radius 2 is 1.65 bits per heavy atom. The van der Waals surface area contributed by atoms with E-state index in [0.29, 0.717) is 35.1 Å². The van der Waals surface area contributed by atoms with Crippen LogP contribution in [-0.4, -0.2) is 42.4 Å². The summed E-state index contributed by atoms with van der Waals surface area (Å²) in [5.74, 6) is -0.135. The van der Waals surface area contributed by atoms with Crippen molar-refractivity contribution >= 4 is 40.8 Å². The van der Waals surface area contributed by atoms with Gasteiger partial charge in [0, 0.05) is 17.3 Å². The highest BCUT2D eigenvalue weighted by Crippen LogP contribution is 2.28. The number of hydrogen-bond donors (Lipinski definition) is 1. The molecular formula is C26H24ClN3O4. The van der Waals surface area contributed by atoms with Crippen LogP contribution in [0.25, 0.3) is 0 Å². The first kappa shape index (κ1) is 23.3. The zero-order chi connectivity index (χ0) is 24.1. The molecule has 3 aromatic carbocycles. The van der Waals surface area contributed by atoms with E-state index < -0.39 is 18.0 Å². The molecule has 34 heavy (non-hydrogen) atoms. The topological polar surface area (TPSA) is 79.0 Å². The number of nitrogens with one attached hydrogen (secondary N) is 1. The standard InChI is InChI=1S/C26H24ClN3O4/c1-34-22-13-9-20(10-14-22)28-24(31)17-23-25(32)30(21-11-7-19(27)8-12-21)26(33)29(23)16-15-18-5-3-2-4-6-18/h2-14,23H,15-17H2,1H3,(H,28,31). The van der Waals surface area contributed by atoms with Crippen LogP contribution in [0.4, 0.5) is 16.2 Å². The molecule has 0 aliphatic carbocycles. The van der Waals surface area contributed by atoms with Gasteiger partial charge in [0.2, 0.25) is 5.91 Å². The average Bonchev–Trinajstić information content (AvgIpc) is 3.08. The Hall–Kier alpha value is -3.84. The van der Waals surface area contributed by atoms with Crippen LogP contribution >= 0.6 is 11.6 Å². The summed E-state index contributed by atoms with van der Waals surface area (Å²) in [6.45, 7) is 0.305. The minimum absolute atomic E-state index is 0.157. The fourth-order valence-electron chi connectivity index (χ4n) is 3.87. The molecule has 174 valence electrons. The molecule has 0 saturated carbocycles. The first-order valence-electron chi connectivity index (χ1n) is 10.8. The summed E-state index contributed by atoms with van der Waals surface area (Å²) in [5.41, 5.74) is 2.03. The SMILES string of the molecule is COc1ccc(NC(=O)CC2C(=O)N(c3ccc(Cl)cc3)C(=O)N2CCc2ccccc2)cc1. The van der Waals surface area contributed by atoms with Crippen LogP contribution in [-0.2, 0) is 16.0 Å². The number of carbonyl (C=O) groups is 3. The second-order valence-electron chi connectivity index (χ2n) is 7.86. The largest absolute Gasteiger partial charge is 0.497 e. The van der Waals surface area contributed by atoms with E-state index in [4.69, 9.17) is 16.3 Å². The number of benzene rings is 3. The second kappa shape index (κ2) is 10.4. The number of rotatable bonds is 8. The van der Waals surface area contributed by atoms with Crippen molar-refractivity contribution in [1.29, 1.82) is 0 Å². The van der Waals surface area contributed by atoms with Crippen molar-refractivity contribution in [3.05, 3.63) is 89.4 Å². The molecule has 1 unspecified atom stereocenters. The van der Waals surface area contributed by atoms with E-state index in [0.717, 1.165) is 10.5 Å². The number of imide groups is 1. The first-order chi connectivity index (χ1) is 16.5. The Morgan fingerprint density at radius 1 is 0.971 bits per heavy atom. The minimum Gasteiger partial charge on any atom is -0.497 e. The third kappa shape index (κ3) is 5.21. The van der Waals surface area contributed by atoms with Crippen molar-refractivity contribution in [2.75, 3.05) is 23.9 Å². The van der Waals surface area contributed by atoms with E-state index in [2.05, 4.69) is 5.32 Å². The molecule has 1 fully saturated rings. The highest BCUT2D eigenvalue weighted by atomic mass is 35.5. The van der Waals surface area contributed by atoms with Gasteiger partial charge in [-0.25, -0.2) is 9.69 Å². The summed E-state index contributed by atoms with van der Waals surface area (Å²) >= 11 is 5.97. The van der Waals surface area contributed by atoms with Crippen LogP contribution in [0.5, 0.6) is 5.75 Å². The maximum absolute atomic E-state index is 13.3. The second-order valence-corrected chi connectivity index (χ2v) is 8.29. The van der Waals surface area contributed by atoms with Crippen molar-refractivity contribution in [3.8, 4) is 5.75 Å². The van der Waals surface area contributed by atoms with Crippen molar-refractivity contribution in [3.63, 3.8) is 0 Å². The highest BCUT2D eigenvalue weighted by molar-refractivity contribution is 6.30. The molecule has 7 nitrogen and oxygen atoms in total. The van der Waals surface area contributed by atoms with E-state index in [1.54, 1.807) is 55.6 Å². The minimum atomic E-state index is -0.912. The summed E-state index contributed by atoms with van der Waals surface area (Å²) in [4.78, 5) is 42.0. The van der Waals surface area contributed by atoms with E-state index >= 15 is 0 Å². The zero-order valence-electron chi connectivity index (χ0n) is 18.6. The molecule has 4 amide bonds. The maximum atomic E-state index is 13.3. The fraction of sp³-hybridized carbons (Fsp3) is 0.192. The van der Waals surface area contributed by atoms with Gasteiger partial charge in [0.1, 0.15) is 11.8 Å². The molecule has 0 spiro atoms. The predicted octanol–water partition coefficient (Wildman–Crippen LogP) is 4.76. The summed E-state index contributed by atoms with van der Waals surface area (Å²) < 4.78 is 5.13. The van der Waals surface area contributed by atoms with E-state index in [1.807, 2.05) is 30.3 Å². The number of hydrogen-bond acceptors (Lipinski definition) is 4. The van der Waals surface area contributed by atoms with Crippen LogP contribution in [0.15, 0.2) is 78.9 Å². The number of methoxy groups -OCH3 is 1. The van der Waals surface area contributed by atoms with Gasteiger partial charge in [0.05, 0.1) is 19.2 Å². The molecule has 3 aromatic rings. The van der Waals surface area contributed by atoms with Gasteiger partial charge in [0.15, 0.2) is 0 Å². The Labute approximate surface area is 202 Å².